The van der Waals surface area contributed by atoms with Crippen LogP contribution in [0.15, 0.2) is 22.7 Å². The second kappa shape index (κ2) is 7.11. The summed E-state index contributed by atoms with van der Waals surface area (Å²) in [6.45, 7) is 4.45. The van der Waals surface area contributed by atoms with E-state index in [4.69, 9.17) is 4.74 Å². The number of halogens is 1. The van der Waals surface area contributed by atoms with Gasteiger partial charge in [-0.3, -0.25) is 0 Å². The third kappa shape index (κ3) is 3.75. The minimum Gasteiger partial charge on any atom is -0.462 e. The van der Waals surface area contributed by atoms with Gasteiger partial charge < -0.3 is 10.1 Å². The summed E-state index contributed by atoms with van der Waals surface area (Å²) < 4.78 is 5.92. The van der Waals surface area contributed by atoms with Crippen LogP contribution in [0.2, 0.25) is 0 Å². The predicted octanol–water partition coefficient (Wildman–Crippen LogP) is 4.62. The van der Waals surface area contributed by atoms with Crippen LogP contribution in [0.1, 0.15) is 49.9 Å². The Morgan fingerprint density at radius 2 is 2.15 bits per heavy atom. The highest BCUT2D eigenvalue weighted by Crippen LogP contribution is 2.31. The largest absolute Gasteiger partial charge is 0.462 e. The molecule has 1 aliphatic rings. The van der Waals surface area contributed by atoms with Crippen LogP contribution in [0.25, 0.3) is 0 Å². The molecule has 0 aromatic heterocycles. The lowest BCUT2D eigenvalue weighted by Gasteiger charge is -2.22. The van der Waals surface area contributed by atoms with Crippen molar-refractivity contribution in [3.63, 3.8) is 0 Å². The summed E-state index contributed by atoms with van der Waals surface area (Å²) in [6.07, 6.45) is 5.32. The van der Waals surface area contributed by atoms with E-state index in [-0.39, 0.29) is 5.97 Å². The molecule has 0 heterocycles. The number of carbonyl (C=O) groups is 1. The van der Waals surface area contributed by atoms with E-state index in [0.29, 0.717) is 18.2 Å². The van der Waals surface area contributed by atoms with Gasteiger partial charge in [0.25, 0.3) is 0 Å². The van der Waals surface area contributed by atoms with Crippen molar-refractivity contribution in [3.05, 3.63) is 28.2 Å². The molecule has 0 amide bonds. The van der Waals surface area contributed by atoms with E-state index in [0.717, 1.165) is 16.1 Å². The molecule has 110 valence electrons. The molecule has 1 saturated carbocycles. The van der Waals surface area contributed by atoms with Gasteiger partial charge in [0.15, 0.2) is 0 Å². The van der Waals surface area contributed by atoms with Gasteiger partial charge >= 0.3 is 5.97 Å². The molecule has 0 saturated heterocycles. The van der Waals surface area contributed by atoms with Crippen LogP contribution in [0.3, 0.4) is 0 Å². The summed E-state index contributed by atoms with van der Waals surface area (Å²) in [5, 5.41) is 3.55. The molecular weight excluding hydrogens is 318 g/mol. The number of ether oxygens (including phenoxy) is 1. The van der Waals surface area contributed by atoms with Crippen LogP contribution in [-0.2, 0) is 4.74 Å². The van der Waals surface area contributed by atoms with Gasteiger partial charge in [-0.05, 0) is 66.7 Å². The van der Waals surface area contributed by atoms with Crippen molar-refractivity contribution in [2.45, 2.75) is 45.6 Å². The van der Waals surface area contributed by atoms with Gasteiger partial charge in [-0.25, -0.2) is 4.79 Å². The van der Waals surface area contributed by atoms with E-state index in [1.807, 2.05) is 25.1 Å². The number of anilines is 1. The average Bonchev–Trinajstić information content (AvgIpc) is 2.95. The third-order valence-corrected chi connectivity index (χ3v) is 4.63. The second-order valence-corrected chi connectivity index (χ2v) is 6.25. The topological polar surface area (TPSA) is 38.3 Å². The molecule has 1 aromatic carbocycles. The Morgan fingerprint density at radius 3 is 2.75 bits per heavy atom. The van der Waals surface area contributed by atoms with Crippen LogP contribution in [0.5, 0.6) is 0 Å². The van der Waals surface area contributed by atoms with Gasteiger partial charge in [0.1, 0.15) is 0 Å². The standard InChI is InChI=1S/C16H22BrNO2/c1-3-20-16(19)13-8-9-15(14(17)10-13)18-11(2)12-6-4-5-7-12/h8-12,18H,3-7H2,1-2H3. The van der Waals surface area contributed by atoms with Crippen molar-refractivity contribution < 1.29 is 9.53 Å². The fourth-order valence-electron chi connectivity index (χ4n) is 2.79. The van der Waals surface area contributed by atoms with Crippen molar-refractivity contribution >= 4 is 27.6 Å². The molecule has 2 rings (SSSR count). The molecular formula is C16H22BrNO2. The monoisotopic (exact) mass is 339 g/mol. The number of rotatable bonds is 5. The Labute approximate surface area is 129 Å². The first-order chi connectivity index (χ1) is 9.61. The molecule has 0 spiro atoms. The van der Waals surface area contributed by atoms with E-state index in [2.05, 4.69) is 28.2 Å². The lowest BCUT2D eigenvalue weighted by molar-refractivity contribution is 0.0526. The zero-order valence-corrected chi connectivity index (χ0v) is 13.7. The Morgan fingerprint density at radius 1 is 1.45 bits per heavy atom. The van der Waals surface area contributed by atoms with E-state index in [1.54, 1.807) is 0 Å². The normalized spacial score (nSPS) is 16.9. The van der Waals surface area contributed by atoms with Crippen molar-refractivity contribution in [1.82, 2.24) is 0 Å². The highest BCUT2D eigenvalue weighted by Gasteiger charge is 2.22. The van der Waals surface area contributed by atoms with Gasteiger partial charge in [0.05, 0.1) is 12.2 Å². The van der Waals surface area contributed by atoms with Gasteiger partial charge in [0.2, 0.25) is 0 Å². The first kappa shape index (κ1) is 15.4. The van der Waals surface area contributed by atoms with Gasteiger partial charge in [-0.2, -0.15) is 0 Å². The maximum absolute atomic E-state index is 11.7. The Balaban J connectivity index is 2.03. The molecule has 0 aliphatic heterocycles. The zero-order valence-electron chi connectivity index (χ0n) is 12.1. The molecule has 1 aliphatic carbocycles. The molecule has 1 unspecified atom stereocenters. The first-order valence-electron chi connectivity index (χ1n) is 7.35. The lowest BCUT2D eigenvalue weighted by Crippen LogP contribution is -2.24. The fraction of sp³-hybridized carbons (Fsp3) is 0.562. The molecule has 3 nitrogen and oxygen atoms in total. The highest BCUT2D eigenvalue weighted by atomic mass is 79.9. The number of carbonyl (C=O) groups excluding carboxylic acids is 1. The summed E-state index contributed by atoms with van der Waals surface area (Å²) in [4.78, 5) is 11.7. The lowest BCUT2D eigenvalue weighted by atomic mass is 9.99. The fourth-order valence-corrected chi connectivity index (χ4v) is 3.29. The number of nitrogens with one attached hydrogen (secondary N) is 1. The molecule has 0 bridgehead atoms. The SMILES string of the molecule is CCOC(=O)c1ccc(NC(C)C2CCCC2)c(Br)c1. The van der Waals surface area contributed by atoms with Crippen molar-refractivity contribution in [3.8, 4) is 0 Å². The average molecular weight is 340 g/mol. The van der Waals surface area contributed by atoms with E-state index < -0.39 is 0 Å². The maximum Gasteiger partial charge on any atom is 0.338 e. The van der Waals surface area contributed by atoms with Crippen LogP contribution in [-0.4, -0.2) is 18.6 Å². The summed E-state index contributed by atoms with van der Waals surface area (Å²) in [5.74, 6) is 0.482. The quantitative estimate of drug-likeness (QED) is 0.795. The van der Waals surface area contributed by atoms with E-state index >= 15 is 0 Å². The second-order valence-electron chi connectivity index (χ2n) is 5.39. The maximum atomic E-state index is 11.7. The molecule has 0 radical (unpaired) electrons. The smallest absolute Gasteiger partial charge is 0.338 e. The van der Waals surface area contributed by atoms with E-state index in [9.17, 15) is 4.79 Å². The summed E-state index contributed by atoms with van der Waals surface area (Å²) in [5.41, 5.74) is 1.62. The van der Waals surface area contributed by atoms with Crippen molar-refractivity contribution in [2.24, 2.45) is 5.92 Å². The molecule has 1 aromatic rings. The summed E-state index contributed by atoms with van der Waals surface area (Å²) in [7, 11) is 0. The Bertz CT molecular complexity index is 470. The minimum atomic E-state index is -0.274. The first-order valence-corrected chi connectivity index (χ1v) is 8.14. The minimum absolute atomic E-state index is 0.274. The highest BCUT2D eigenvalue weighted by molar-refractivity contribution is 9.10. The third-order valence-electron chi connectivity index (χ3n) is 3.97. The predicted molar refractivity (Wildman–Crippen MR) is 85.1 cm³/mol. The van der Waals surface area contributed by atoms with Crippen molar-refractivity contribution in [1.29, 1.82) is 0 Å². The number of hydrogen-bond acceptors (Lipinski definition) is 3. The van der Waals surface area contributed by atoms with Crippen LogP contribution in [0, 0.1) is 5.92 Å². The summed E-state index contributed by atoms with van der Waals surface area (Å²) >= 11 is 3.53. The Kier molecular flexibility index (Phi) is 5.46. The Hall–Kier alpha value is -1.03. The van der Waals surface area contributed by atoms with E-state index in [1.165, 1.54) is 25.7 Å². The van der Waals surface area contributed by atoms with Crippen LogP contribution in [0.4, 0.5) is 5.69 Å². The molecule has 4 heteroatoms. The van der Waals surface area contributed by atoms with Gasteiger partial charge in [-0.15, -0.1) is 0 Å². The zero-order chi connectivity index (χ0) is 14.5. The summed E-state index contributed by atoms with van der Waals surface area (Å²) in [6, 6.07) is 6.04. The van der Waals surface area contributed by atoms with Gasteiger partial charge in [-0.1, -0.05) is 12.8 Å². The van der Waals surface area contributed by atoms with Crippen molar-refractivity contribution in [2.75, 3.05) is 11.9 Å². The number of hydrogen-bond donors (Lipinski definition) is 1. The van der Waals surface area contributed by atoms with Crippen LogP contribution >= 0.6 is 15.9 Å². The number of benzene rings is 1. The van der Waals surface area contributed by atoms with Crippen LogP contribution < -0.4 is 5.32 Å². The molecule has 20 heavy (non-hydrogen) atoms. The van der Waals surface area contributed by atoms with Gasteiger partial charge in [0, 0.05) is 16.2 Å². The molecule has 1 N–H and O–H groups in total. The number of esters is 1. The molecule has 1 atom stereocenters. The molecule has 1 fully saturated rings.